The number of nitrogens with zero attached hydrogens (tertiary/aromatic N) is 2. The maximum atomic E-state index is 12.3. The summed E-state index contributed by atoms with van der Waals surface area (Å²) in [5.41, 5.74) is 2.63. The summed E-state index contributed by atoms with van der Waals surface area (Å²) in [5, 5.41) is 2.73. The molecule has 0 unspecified atom stereocenters. The smallest absolute Gasteiger partial charge is 0.242 e. The number of rotatable bonds is 11. The van der Waals surface area contributed by atoms with Crippen molar-refractivity contribution in [1.29, 1.82) is 0 Å². The molecule has 0 saturated carbocycles. The van der Waals surface area contributed by atoms with Gasteiger partial charge < -0.3 is 5.32 Å². The van der Waals surface area contributed by atoms with E-state index in [4.69, 9.17) is 0 Å². The summed E-state index contributed by atoms with van der Waals surface area (Å²) in [6.07, 6.45) is 1.00. The zero-order valence-corrected chi connectivity index (χ0v) is 21.1. The summed E-state index contributed by atoms with van der Waals surface area (Å²) < 4.78 is 50.9. The van der Waals surface area contributed by atoms with Gasteiger partial charge in [-0.15, -0.1) is 0 Å². The summed E-state index contributed by atoms with van der Waals surface area (Å²) in [6, 6.07) is 13.6. The second-order valence-corrected chi connectivity index (χ2v) is 12.6. The van der Waals surface area contributed by atoms with Crippen molar-refractivity contribution >= 4 is 43.4 Å². The van der Waals surface area contributed by atoms with Gasteiger partial charge in [0.1, 0.15) is 6.54 Å². The third kappa shape index (κ3) is 7.51. The van der Waals surface area contributed by atoms with Crippen molar-refractivity contribution in [2.45, 2.75) is 17.6 Å². The van der Waals surface area contributed by atoms with E-state index >= 15 is 0 Å². The Hall–Kier alpha value is -2.08. The van der Waals surface area contributed by atoms with Gasteiger partial charge in [0.25, 0.3) is 0 Å². The highest BCUT2D eigenvalue weighted by Gasteiger charge is 2.22. The van der Waals surface area contributed by atoms with Crippen molar-refractivity contribution in [3.05, 3.63) is 59.7 Å². The summed E-state index contributed by atoms with van der Waals surface area (Å²) >= 11 is 1.68. The molecular weight excluding hydrogens is 470 g/mol. The lowest BCUT2D eigenvalue weighted by atomic mass is 10.2. The Kier molecular flexibility index (Phi) is 9.14. The molecule has 2 aromatic rings. The van der Waals surface area contributed by atoms with Crippen molar-refractivity contribution in [3.63, 3.8) is 0 Å². The van der Waals surface area contributed by atoms with Gasteiger partial charge in [0.05, 0.1) is 16.8 Å². The number of carbonyl (C=O) groups is 1. The monoisotopic (exact) mass is 499 g/mol. The quantitative estimate of drug-likeness (QED) is 0.475. The topological polar surface area (TPSA) is 104 Å². The van der Waals surface area contributed by atoms with Crippen LogP contribution >= 0.6 is 11.8 Å². The summed E-state index contributed by atoms with van der Waals surface area (Å²) in [7, 11) is -4.56. The first-order valence-corrected chi connectivity index (χ1v) is 14.3. The van der Waals surface area contributed by atoms with E-state index in [9.17, 15) is 21.6 Å². The highest BCUT2D eigenvalue weighted by molar-refractivity contribution is 7.98. The molecule has 0 spiro atoms. The second-order valence-electron chi connectivity index (χ2n) is 7.44. The third-order valence-corrected chi connectivity index (χ3v) is 8.51. The molecule has 0 atom stereocenters. The number of anilines is 1. The van der Waals surface area contributed by atoms with E-state index in [0.717, 1.165) is 20.6 Å². The first-order valence-electron chi connectivity index (χ1n) is 9.81. The lowest BCUT2D eigenvalue weighted by Gasteiger charge is -2.22. The molecule has 0 heterocycles. The van der Waals surface area contributed by atoms with Crippen LogP contribution in [0.4, 0.5) is 5.69 Å². The Bertz CT molecular complexity index is 1130. The average Bonchev–Trinajstić information content (AvgIpc) is 2.71. The minimum Gasteiger partial charge on any atom is -0.354 e. The number of thioether (sulfide) groups is 1. The molecule has 0 saturated heterocycles. The third-order valence-electron chi connectivity index (χ3n) is 4.51. The van der Waals surface area contributed by atoms with Crippen LogP contribution in [-0.2, 0) is 30.6 Å². The number of benzene rings is 2. The molecule has 2 rings (SSSR count). The number of amides is 1. The van der Waals surface area contributed by atoms with Gasteiger partial charge in [-0.05, 0) is 36.8 Å². The van der Waals surface area contributed by atoms with Gasteiger partial charge in [-0.3, -0.25) is 9.10 Å². The van der Waals surface area contributed by atoms with Crippen LogP contribution in [0.5, 0.6) is 0 Å². The van der Waals surface area contributed by atoms with E-state index in [2.05, 4.69) is 17.4 Å². The fourth-order valence-corrected chi connectivity index (χ4v) is 5.40. The predicted octanol–water partition coefficient (Wildman–Crippen LogP) is 2.06. The summed E-state index contributed by atoms with van der Waals surface area (Å²) in [4.78, 5) is 12.4. The normalized spacial score (nSPS) is 12.0. The molecule has 1 amide bonds. The maximum absolute atomic E-state index is 12.3. The van der Waals surface area contributed by atoms with Crippen LogP contribution in [0, 0.1) is 6.92 Å². The number of sulfonamides is 2. The highest BCUT2D eigenvalue weighted by atomic mass is 32.2. The molecule has 176 valence electrons. The van der Waals surface area contributed by atoms with Crippen molar-refractivity contribution in [2.75, 3.05) is 43.5 Å². The molecule has 8 nitrogen and oxygen atoms in total. The van der Waals surface area contributed by atoms with Gasteiger partial charge in [-0.25, -0.2) is 21.1 Å². The number of hydrogen-bond acceptors (Lipinski definition) is 6. The van der Waals surface area contributed by atoms with E-state index < -0.39 is 26.0 Å². The first-order chi connectivity index (χ1) is 14.9. The van der Waals surface area contributed by atoms with E-state index in [1.165, 1.54) is 49.5 Å². The van der Waals surface area contributed by atoms with E-state index in [0.29, 0.717) is 12.3 Å². The maximum Gasteiger partial charge on any atom is 0.242 e. The molecule has 0 aliphatic rings. The van der Waals surface area contributed by atoms with E-state index in [1.54, 1.807) is 11.8 Å². The molecular formula is C21H29N3O5S3. The SMILES string of the molecule is Cc1cccc(CSCCNC(=O)CN(c2ccc(S(=O)(=O)N(C)C)cc2)S(C)(=O)=O)c1. The van der Waals surface area contributed by atoms with Crippen molar-refractivity contribution in [2.24, 2.45) is 0 Å². The van der Waals surface area contributed by atoms with Crippen molar-refractivity contribution in [1.82, 2.24) is 9.62 Å². The largest absolute Gasteiger partial charge is 0.354 e. The van der Waals surface area contributed by atoms with Crippen molar-refractivity contribution < 1.29 is 21.6 Å². The molecule has 0 bridgehead atoms. The second kappa shape index (κ2) is 11.2. The number of hydrogen-bond donors (Lipinski definition) is 1. The van der Waals surface area contributed by atoms with Gasteiger partial charge in [0.2, 0.25) is 26.0 Å². The molecule has 32 heavy (non-hydrogen) atoms. The van der Waals surface area contributed by atoms with Crippen LogP contribution in [0.2, 0.25) is 0 Å². The standard InChI is InChI=1S/C21H29N3O5S3/c1-17-6-5-7-18(14-17)16-30-13-12-22-21(25)15-24(31(4,26)27)19-8-10-20(11-9-19)32(28,29)23(2)3/h5-11,14H,12-13,15-16H2,1-4H3,(H,22,25). The Balaban J connectivity index is 1.94. The molecule has 0 aromatic heterocycles. The van der Waals surface area contributed by atoms with Gasteiger partial charge in [0.15, 0.2) is 0 Å². The van der Waals surface area contributed by atoms with Crippen LogP contribution in [0.15, 0.2) is 53.4 Å². The highest BCUT2D eigenvalue weighted by Crippen LogP contribution is 2.21. The zero-order chi connectivity index (χ0) is 23.9. The Morgan fingerprint density at radius 3 is 2.25 bits per heavy atom. The minimum atomic E-state index is -3.75. The fraction of sp³-hybridized carbons (Fsp3) is 0.381. The number of nitrogens with one attached hydrogen (secondary N) is 1. The summed E-state index contributed by atoms with van der Waals surface area (Å²) in [6.45, 7) is 2.06. The average molecular weight is 500 g/mol. The number of carbonyl (C=O) groups excluding carboxylic acids is 1. The van der Waals surface area contributed by atoms with Crippen LogP contribution < -0.4 is 9.62 Å². The Morgan fingerprint density at radius 2 is 1.69 bits per heavy atom. The Morgan fingerprint density at radius 1 is 1.03 bits per heavy atom. The minimum absolute atomic E-state index is 0.0368. The van der Waals surface area contributed by atoms with Crippen LogP contribution in [0.25, 0.3) is 0 Å². The zero-order valence-electron chi connectivity index (χ0n) is 18.6. The molecule has 1 N–H and O–H groups in total. The van der Waals surface area contributed by atoms with E-state index in [-0.39, 0.29) is 17.1 Å². The lowest BCUT2D eigenvalue weighted by Crippen LogP contribution is -2.41. The van der Waals surface area contributed by atoms with Gasteiger partial charge >= 0.3 is 0 Å². The predicted molar refractivity (Wildman–Crippen MR) is 130 cm³/mol. The van der Waals surface area contributed by atoms with Crippen LogP contribution in [-0.4, -0.2) is 66.2 Å². The fourth-order valence-electron chi connectivity index (χ4n) is 2.84. The van der Waals surface area contributed by atoms with Gasteiger partial charge in [-0.2, -0.15) is 11.8 Å². The summed E-state index contributed by atoms with van der Waals surface area (Å²) in [5.74, 6) is 1.08. The first kappa shape index (κ1) is 26.2. The van der Waals surface area contributed by atoms with Gasteiger partial charge in [-0.1, -0.05) is 29.8 Å². The molecule has 2 aromatic carbocycles. The van der Waals surface area contributed by atoms with Crippen LogP contribution in [0.3, 0.4) is 0 Å². The van der Waals surface area contributed by atoms with Gasteiger partial charge in [0, 0.05) is 32.1 Å². The van der Waals surface area contributed by atoms with Crippen molar-refractivity contribution in [3.8, 4) is 0 Å². The van der Waals surface area contributed by atoms with E-state index in [1.807, 2.05) is 19.1 Å². The Labute approximate surface area is 195 Å². The molecule has 0 aliphatic carbocycles. The lowest BCUT2D eigenvalue weighted by molar-refractivity contribution is -0.119. The molecule has 11 heteroatoms. The number of aryl methyl sites for hydroxylation is 1. The molecule has 0 fully saturated rings. The molecule has 0 aliphatic heterocycles. The molecule has 0 radical (unpaired) electrons. The van der Waals surface area contributed by atoms with Crippen LogP contribution in [0.1, 0.15) is 11.1 Å².